The Balaban J connectivity index is 1.68. The van der Waals surface area contributed by atoms with Crippen molar-refractivity contribution < 1.29 is 14.7 Å². The largest absolute Gasteiger partial charge is 0.507 e. The lowest BCUT2D eigenvalue weighted by Crippen LogP contribution is -2.29. The van der Waals surface area contributed by atoms with Crippen LogP contribution in [-0.4, -0.2) is 16.8 Å². The molecule has 32 heavy (non-hydrogen) atoms. The number of nitrogens with zero attached hydrogens (tertiary/aromatic N) is 1. The van der Waals surface area contributed by atoms with Crippen LogP contribution in [0.2, 0.25) is 0 Å². The monoisotopic (exact) mass is 423 g/mol. The Morgan fingerprint density at radius 2 is 1.56 bits per heavy atom. The quantitative estimate of drug-likeness (QED) is 0.344. The maximum Gasteiger partial charge on any atom is 0.300 e. The van der Waals surface area contributed by atoms with Crippen molar-refractivity contribution in [3.05, 3.63) is 106 Å². The molecule has 2 aliphatic rings. The molecule has 1 heterocycles. The SMILES string of the molecule is Cc1ccc(N2C(=O)C(=O)/C(=C(\O)c3ccc4c(c3)CCCC4)C2c2ccccc2)cc1. The molecule has 1 fully saturated rings. The average Bonchev–Trinajstić information content (AvgIpc) is 3.10. The van der Waals surface area contributed by atoms with E-state index in [4.69, 9.17) is 0 Å². The van der Waals surface area contributed by atoms with Gasteiger partial charge in [-0.15, -0.1) is 0 Å². The van der Waals surface area contributed by atoms with E-state index in [2.05, 4.69) is 0 Å². The van der Waals surface area contributed by atoms with Crippen molar-refractivity contribution in [2.45, 2.75) is 38.6 Å². The zero-order valence-corrected chi connectivity index (χ0v) is 18.0. The van der Waals surface area contributed by atoms with Gasteiger partial charge >= 0.3 is 0 Å². The zero-order valence-electron chi connectivity index (χ0n) is 18.0. The molecule has 1 aliphatic heterocycles. The normalized spacial score (nSPS) is 19.8. The highest BCUT2D eigenvalue weighted by Crippen LogP contribution is 2.42. The molecule has 0 radical (unpaired) electrons. The number of ketones is 1. The van der Waals surface area contributed by atoms with Crippen LogP contribution in [0.4, 0.5) is 5.69 Å². The minimum Gasteiger partial charge on any atom is -0.507 e. The number of carbonyl (C=O) groups is 2. The smallest absolute Gasteiger partial charge is 0.300 e. The first kappa shape index (κ1) is 20.3. The molecule has 0 aromatic heterocycles. The molecule has 4 nitrogen and oxygen atoms in total. The summed E-state index contributed by atoms with van der Waals surface area (Å²) < 4.78 is 0. The third kappa shape index (κ3) is 3.42. The summed E-state index contributed by atoms with van der Waals surface area (Å²) in [6, 6.07) is 22.1. The van der Waals surface area contributed by atoms with Gasteiger partial charge in [0.2, 0.25) is 0 Å². The van der Waals surface area contributed by atoms with Crippen LogP contribution in [0.1, 0.15) is 46.7 Å². The van der Waals surface area contributed by atoms with Gasteiger partial charge in [0.05, 0.1) is 11.6 Å². The van der Waals surface area contributed by atoms with Gasteiger partial charge in [-0.3, -0.25) is 14.5 Å². The number of rotatable bonds is 3. The number of carbonyl (C=O) groups excluding carboxylic acids is 2. The summed E-state index contributed by atoms with van der Waals surface area (Å²) in [5.74, 6) is -1.39. The van der Waals surface area contributed by atoms with E-state index >= 15 is 0 Å². The number of anilines is 1. The number of aliphatic hydroxyl groups excluding tert-OH is 1. The summed E-state index contributed by atoms with van der Waals surface area (Å²) in [6.45, 7) is 1.97. The van der Waals surface area contributed by atoms with E-state index in [1.54, 1.807) is 0 Å². The van der Waals surface area contributed by atoms with Gasteiger partial charge in [0.1, 0.15) is 5.76 Å². The molecule has 0 saturated carbocycles. The Bertz CT molecular complexity index is 1230. The number of Topliss-reactive ketones (excluding diaryl/α,β-unsaturated/α-hetero) is 1. The van der Waals surface area contributed by atoms with Crippen LogP contribution in [0, 0.1) is 6.92 Å². The molecule has 1 saturated heterocycles. The molecule has 5 rings (SSSR count). The van der Waals surface area contributed by atoms with Crippen molar-refractivity contribution in [2.75, 3.05) is 4.90 Å². The van der Waals surface area contributed by atoms with Gasteiger partial charge in [0.25, 0.3) is 11.7 Å². The van der Waals surface area contributed by atoms with Crippen LogP contribution in [0.5, 0.6) is 0 Å². The molecule has 0 spiro atoms. The average molecular weight is 424 g/mol. The molecule has 1 unspecified atom stereocenters. The van der Waals surface area contributed by atoms with E-state index in [9.17, 15) is 14.7 Å². The second-order valence-corrected chi connectivity index (χ2v) is 8.61. The molecular formula is C28H25NO3. The Morgan fingerprint density at radius 3 is 2.28 bits per heavy atom. The minimum absolute atomic E-state index is 0.111. The van der Waals surface area contributed by atoms with Crippen molar-refractivity contribution in [1.82, 2.24) is 0 Å². The van der Waals surface area contributed by atoms with Crippen LogP contribution >= 0.6 is 0 Å². The molecule has 160 valence electrons. The summed E-state index contributed by atoms with van der Waals surface area (Å²) in [5, 5.41) is 11.3. The Kier molecular flexibility index (Phi) is 5.14. The second-order valence-electron chi connectivity index (χ2n) is 8.61. The van der Waals surface area contributed by atoms with Crippen LogP contribution in [-0.2, 0) is 22.4 Å². The Labute approximate surface area is 187 Å². The van der Waals surface area contributed by atoms with Gasteiger partial charge in [-0.2, -0.15) is 0 Å². The van der Waals surface area contributed by atoms with Crippen molar-refractivity contribution in [3.63, 3.8) is 0 Å². The molecule has 1 N–H and O–H groups in total. The van der Waals surface area contributed by atoms with Gasteiger partial charge in [0.15, 0.2) is 0 Å². The van der Waals surface area contributed by atoms with Crippen molar-refractivity contribution in [1.29, 1.82) is 0 Å². The van der Waals surface area contributed by atoms with E-state index in [1.807, 2.05) is 79.7 Å². The topological polar surface area (TPSA) is 57.6 Å². The number of fused-ring (bicyclic) bond motifs is 1. The van der Waals surface area contributed by atoms with Crippen LogP contribution in [0.25, 0.3) is 5.76 Å². The summed E-state index contributed by atoms with van der Waals surface area (Å²) in [4.78, 5) is 27.9. The number of aliphatic hydroxyl groups is 1. The fourth-order valence-electron chi connectivity index (χ4n) is 4.79. The molecule has 3 aromatic rings. The fraction of sp³-hybridized carbons (Fsp3) is 0.214. The maximum absolute atomic E-state index is 13.2. The molecular weight excluding hydrogens is 398 g/mol. The lowest BCUT2D eigenvalue weighted by molar-refractivity contribution is -0.132. The maximum atomic E-state index is 13.2. The van der Waals surface area contributed by atoms with E-state index < -0.39 is 17.7 Å². The zero-order chi connectivity index (χ0) is 22.2. The Hall–Kier alpha value is -3.66. The molecule has 3 aromatic carbocycles. The fourth-order valence-corrected chi connectivity index (χ4v) is 4.79. The molecule has 1 aliphatic carbocycles. The predicted octanol–water partition coefficient (Wildman–Crippen LogP) is 5.50. The summed E-state index contributed by atoms with van der Waals surface area (Å²) in [5.41, 5.74) is 5.72. The standard InChI is InChI=1S/C28H25NO3/c1-18-11-15-23(16-12-18)29-25(20-8-3-2-4-9-20)24(27(31)28(29)32)26(30)22-14-13-19-7-5-6-10-21(19)17-22/h2-4,8-9,11-17,25,30H,5-7,10H2,1H3/b26-24-. The number of hydrogen-bond acceptors (Lipinski definition) is 3. The summed E-state index contributed by atoms with van der Waals surface area (Å²) in [6.07, 6.45) is 4.31. The lowest BCUT2D eigenvalue weighted by Gasteiger charge is -2.25. The van der Waals surface area contributed by atoms with Gasteiger partial charge in [-0.25, -0.2) is 0 Å². The van der Waals surface area contributed by atoms with Crippen molar-refractivity contribution >= 4 is 23.1 Å². The molecule has 1 amide bonds. The molecule has 4 heteroatoms. The van der Waals surface area contributed by atoms with E-state index in [-0.39, 0.29) is 11.3 Å². The highest BCUT2D eigenvalue weighted by molar-refractivity contribution is 6.51. The highest BCUT2D eigenvalue weighted by atomic mass is 16.3. The summed E-state index contributed by atoms with van der Waals surface area (Å²) in [7, 11) is 0. The Morgan fingerprint density at radius 1 is 0.875 bits per heavy atom. The van der Waals surface area contributed by atoms with E-state index in [0.29, 0.717) is 11.3 Å². The predicted molar refractivity (Wildman–Crippen MR) is 125 cm³/mol. The summed E-state index contributed by atoms with van der Waals surface area (Å²) >= 11 is 0. The van der Waals surface area contributed by atoms with Gasteiger partial charge in [0, 0.05) is 11.3 Å². The van der Waals surface area contributed by atoms with Crippen molar-refractivity contribution in [3.8, 4) is 0 Å². The number of amides is 1. The van der Waals surface area contributed by atoms with Crippen LogP contribution in [0.15, 0.2) is 78.4 Å². The first-order chi connectivity index (χ1) is 15.5. The van der Waals surface area contributed by atoms with Gasteiger partial charge in [-0.1, -0.05) is 60.2 Å². The minimum atomic E-state index is -0.685. The van der Waals surface area contributed by atoms with E-state index in [0.717, 1.165) is 30.4 Å². The third-order valence-electron chi connectivity index (χ3n) is 6.49. The number of aryl methyl sites for hydroxylation is 3. The third-order valence-corrected chi connectivity index (χ3v) is 6.49. The van der Waals surface area contributed by atoms with Gasteiger partial charge in [-0.05, 0) is 67.5 Å². The van der Waals surface area contributed by atoms with Gasteiger partial charge < -0.3 is 5.11 Å². The first-order valence-corrected chi connectivity index (χ1v) is 11.1. The lowest BCUT2D eigenvalue weighted by atomic mass is 9.88. The van der Waals surface area contributed by atoms with Crippen LogP contribution < -0.4 is 4.90 Å². The van der Waals surface area contributed by atoms with Crippen LogP contribution in [0.3, 0.4) is 0 Å². The second kappa shape index (κ2) is 8.12. The molecule has 1 atom stereocenters. The highest BCUT2D eigenvalue weighted by Gasteiger charge is 2.46. The van der Waals surface area contributed by atoms with E-state index in [1.165, 1.54) is 22.4 Å². The molecule has 0 bridgehead atoms. The van der Waals surface area contributed by atoms with Crippen molar-refractivity contribution in [2.24, 2.45) is 0 Å². The number of benzene rings is 3. The number of hydrogen-bond donors (Lipinski definition) is 1. The first-order valence-electron chi connectivity index (χ1n) is 11.1.